The highest BCUT2D eigenvalue weighted by Crippen LogP contribution is 2.20. The summed E-state index contributed by atoms with van der Waals surface area (Å²) in [6, 6.07) is 5.81. The van der Waals surface area contributed by atoms with Crippen LogP contribution in [0.15, 0.2) is 18.2 Å². The molecule has 2 aromatic heterocycles. The van der Waals surface area contributed by atoms with E-state index in [1.54, 1.807) is 0 Å². The van der Waals surface area contributed by atoms with Crippen LogP contribution in [0.3, 0.4) is 0 Å². The average molecular weight is 238 g/mol. The Kier molecular flexibility index (Phi) is 3.17. The minimum absolute atomic E-state index is 0.446. The van der Waals surface area contributed by atoms with E-state index in [2.05, 4.69) is 18.8 Å². The molecule has 0 aliphatic rings. The Morgan fingerprint density at radius 3 is 2.81 bits per heavy atom. The first-order valence-electron chi connectivity index (χ1n) is 5.48. The highest BCUT2D eigenvalue weighted by atomic mass is 35.5. The molecule has 0 amide bonds. The first kappa shape index (κ1) is 11.4. The number of pyridine rings is 1. The number of nitrogens with two attached hydrogens (primary N) is 1. The van der Waals surface area contributed by atoms with Crippen molar-refractivity contribution in [2.45, 2.75) is 26.8 Å². The SMILES string of the molecule is CC(C)Cc1nc(CN)c2cccc(Cl)n12. The van der Waals surface area contributed by atoms with E-state index < -0.39 is 0 Å². The van der Waals surface area contributed by atoms with Crippen molar-refractivity contribution in [2.75, 3.05) is 0 Å². The van der Waals surface area contributed by atoms with Crippen LogP contribution in [0.5, 0.6) is 0 Å². The molecule has 0 spiro atoms. The molecule has 3 nitrogen and oxygen atoms in total. The van der Waals surface area contributed by atoms with Gasteiger partial charge in [-0.3, -0.25) is 4.40 Å². The van der Waals surface area contributed by atoms with Crippen LogP contribution in [0.2, 0.25) is 5.15 Å². The summed E-state index contributed by atoms with van der Waals surface area (Å²) in [5, 5.41) is 0.695. The lowest BCUT2D eigenvalue weighted by Gasteiger charge is -2.05. The summed E-state index contributed by atoms with van der Waals surface area (Å²) in [4.78, 5) is 4.56. The molecule has 0 aliphatic carbocycles. The largest absolute Gasteiger partial charge is 0.325 e. The van der Waals surface area contributed by atoms with Gasteiger partial charge in [0.25, 0.3) is 0 Å². The lowest BCUT2D eigenvalue weighted by molar-refractivity contribution is 0.618. The lowest BCUT2D eigenvalue weighted by atomic mass is 10.1. The molecule has 0 aliphatic heterocycles. The van der Waals surface area contributed by atoms with E-state index in [1.165, 1.54) is 0 Å². The van der Waals surface area contributed by atoms with Gasteiger partial charge in [-0.2, -0.15) is 0 Å². The van der Waals surface area contributed by atoms with Crippen molar-refractivity contribution in [3.05, 3.63) is 34.9 Å². The summed E-state index contributed by atoms with van der Waals surface area (Å²) in [6.45, 7) is 4.78. The molecule has 0 fully saturated rings. The van der Waals surface area contributed by atoms with E-state index in [9.17, 15) is 0 Å². The summed E-state index contributed by atoms with van der Waals surface area (Å²) in [7, 11) is 0. The van der Waals surface area contributed by atoms with Crippen LogP contribution in [0.4, 0.5) is 0 Å². The molecular formula is C12H16ClN3. The third-order valence-electron chi connectivity index (χ3n) is 2.54. The monoisotopic (exact) mass is 237 g/mol. The van der Waals surface area contributed by atoms with Crippen molar-refractivity contribution >= 4 is 17.1 Å². The van der Waals surface area contributed by atoms with E-state index in [0.29, 0.717) is 17.6 Å². The Bertz CT molecular complexity index is 502. The van der Waals surface area contributed by atoms with Crippen LogP contribution in [0.1, 0.15) is 25.4 Å². The van der Waals surface area contributed by atoms with Crippen LogP contribution >= 0.6 is 11.6 Å². The van der Waals surface area contributed by atoms with Crippen molar-refractivity contribution < 1.29 is 0 Å². The molecule has 0 saturated heterocycles. The number of hydrogen-bond donors (Lipinski definition) is 1. The maximum absolute atomic E-state index is 6.20. The Morgan fingerprint density at radius 2 is 2.19 bits per heavy atom. The second kappa shape index (κ2) is 4.44. The highest BCUT2D eigenvalue weighted by molar-refractivity contribution is 6.29. The smallest absolute Gasteiger partial charge is 0.115 e. The molecule has 0 radical (unpaired) electrons. The normalized spacial score (nSPS) is 11.6. The van der Waals surface area contributed by atoms with Gasteiger partial charge in [-0.25, -0.2) is 4.98 Å². The number of aromatic nitrogens is 2. The first-order valence-corrected chi connectivity index (χ1v) is 5.86. The molecule has 2 rings (SSSR count). The lowest BCUT2D eigenvalue weighted by Crippen LogP contribution is -2.01. The molecule has 4 heteroatoms. The third kappa shape index (κ3) is 1.93. The molecule has 2 heterocycles. The molecular weight excluding hydrogens is 222 g/mol. The Morgan fingerprint density at radius 1 is 1.44 bits per heavy atom. The Hall–Kier alpha value is -1.06. The van der Waals surface area contributed by atoms with Gasteiger partial charge in [-0.05, 0) is 18.1 Å². The fourth-order valence-corrected chi connectivity index (χ4v) is 2.15. The Balaban J connectivity index is 2.64. The second-order valence-electron chi connectivity index (χ2n) is 4.35. The van der Waals surface area contributed by atoms with E-state index >= 15 is 0 Å². The maximum atomic E-state index is 6.20. The second-order valence-corrected chi connectivity index (χ2v) is 4.73. The predicted molar refractivity (Wildman–Crippen MR) is 66.6 cm³/mol. The zero-order chi connectivity index (χ0) is 11.7. The number of rotatable bonds is 3. The van der Waals surface area contributed by atoms with Gasteiger partial charge >= 0.3 is 0 Å². The van der Waals surface area contributed by atoms with Gasteiger partial charge in [-0.15, -0.1) is 0 Å². The minimum atomic E-state index is 0.446. The molecule has 0 saturated carbocycles. The number of imidazole rings is 1. The summed E-state index contributed by atoms with van der Waals surface area (Å²) >= 11 is 6.20. The van der Waals surface area contributed by atoms with Crippen molar-refractivity contribution in [1.82, 2.24) is 9.38 Å². The summed E-state index contributed by atoms with van der Waals surface area (Å²) in [6.07, 6.45) is 0.908. The van der Waals surface area contributed by atoms with E-state index in [0.717, 1.165) is 23.5 Å². The van der Waals surface area contributed by atoms with Gasteiger partial charge in [0.1, 0.15) is 11.0 Å². The Labute approximate surface area is 100 Å². The third-order valence-corrected chi connectivity index (χ3v) is 2.84. The molecule has 0 atom stereocenters. The van der Waals surface area contributed by atoms with Gasteiger partial charge in [-0.1, -0.05) is 31.5 Å². The van der Waals surface area contributed by atoms with Crippen LogP contribution in [0.25, 0.3) is 5.52 Å². The first-order chi connectivity index (χ1) is 7.63. The van der Waals surface area contributed by atoms with E-state index in [4.69, 9.17) is 17.3 Å². The van der Waals surface area contributed by atoms with Gasteiger partial charge in [0, 0.05) is 13.0 Å². The van der Waals surface area contributed by atoms with Crippen molar-refractivity contribution in [3.63, 3.8) is 0 Å². The fraction of sp³-hybridized carbons (Fsp3) is 0.417. The van der Waals surface area contributed by atoms with Crippen LogP contribution in [0, 0.1) is 5.92 Å². The summed E-state index contributed by atoms with van der Waals surface area (Å²) < 4.78 is 1.99. The van der Waals surface area contributed by atoms with Crippen molar-refractivity contribution in [2.24, 2.45) is 11.7 Å². The number of halogens is 1. The average Bonchev–Trinajstić information content (AvgIpc) is 2.57. The molecule has 2 aromatic rings. The number of fused-ring (bicyclic) bond motifs is 1. The molecule has 0 bridgehead atoms. The topological polar surface area (TPSA) is 43.3 Å². The molecule has 2 N–H and O–H groups in total. The molecule has 86 valence electrons. The van der Waals surface area contributed by atoms with Gasteiger partial charge < -0.3 is 5.73 Å². The van der Waals surface area contributed by atoms with Crippen molar-refractivity contribution in [1.29, 1.82) is 0 Å². The van der Waals surface area contributed by atoms with Gasteiger partial charge in [0.2, 0.25) is 0 Å². The quantitative estimate of drug-likeness (QED) is 0.834. The standard InChI is InChI=1S/C12H16ClN3/c1-8(2)6-12-15-9(7-14)10-4-3-5-11(13)16(10)12/h3-5,8H,6-7,14H2,1-2H3. The van der Waals surface area contributed by atoms with E-state index in [1.807, 2.05) is 22.6 Å². The van der Waals surface area contributed by atoms with Crippen LogP contribution in [-0.2, 0) is 13.0 Å². The zero-order valence-electron chi connectivity index (χ0n) is 9.57. The summed E-state index contributed by atoms with van der Waals surface area (Å²) in [5.74, 6) is 1.54. The predicted octanol–water partition coefficient (Wildman–Crippen LogP) is 2.64. The minimum Gasteiger partial charge on any atom is -0.325 e. The molecule has 16 heavy (non-hydrogen) atoms. The summed E-state index contributed by atoms with van der Waals surface area (Å²) in [5.41, 5.74) is 7.63. The van der Waals surface area contributed by atoms with Gasteiger partial charge in [0.05, 0.1) is 11.2 Å². The molecule has 0 aromatic carbocycles. The highest BCUT2D eigenvalue weighted by Gasteiger charge is 2.12. The zero-order valence-corrected chi connectivity index (χ0v) is 10.3. The van der Waals surface area contributed by atoms with Gasteiger partial charge in [0.15, 0.2) is 0 Å². The maximum Gasteiger partial charge on any atom is 0.115 e. The van der Waals surface area contributed by atoms with Crippen molar-refractivity contribution in [3.8, 4) is 0 Å². The number of hydrogen-bond acceptors (Lipinski definition) is 2. The molecule has 0 unspecified atom stereocenters. The number of nitrogens with zero attached hydrogens (tertiary/aromatic N) is 2. The van der Waals surface area contributed by atoms with Crippen LogP contribution in [-0.4, -0.2) is 9.38 Å². The van der Waals surface area contributed by atoms with Crippen LogP contribution < -0.4 is 5.73 Å². The fourth-order valence-electron chi connectivity index (χ4n) is 1.89. The van der Waals surface area contributed by atoms with E-state index in [-0.39, 0.29) is 0 Å².